The number of nitrogens with zero attached hydrogens (tertiary/aromatic N) is 2. The van der Waals surface area contributed by atoms with Gasteiger partial charge >= 0.3 is 5.97 Å². The van der Waals surface area contributed by atoms with Crippen LogP contribution < -0.4 is 5.73 Å². The second kappa shape index (κ2) is 7.00. The van der Waals surface area contributed by atoms with Crippen molar-refractivity contribution < 1.29 is 14.3 Å². The van der Waals surface area contributed by atoms with E-state index in [9.17, 15) is 9.59 Å². The van der Waals surface area contributed by atoms with Gasteiger partial charge in [0, 0.05) is 24.5 Å². The third-order valence-corrected chi connectivity index (χ3v) is 4.65. The fourth-order valence-corrected chi connectivity index (χ4v) is 3.21. The van der Waals surface area contributed by atoms with Crippen molar-refractivity contribution in [3.05, 3.63) is 16.1 Å². The molecule has 0 saturated carbocycles. The van der Waals surface area contributed by atoms with Gasteiger partial charge < -0.3 is 10.5 Å². The predicted molar refractivity (Wildman–Crippen MR) is 79.9 cm³/mol. The van der Waals surface area contributed by atoms with Gasteiger partial charge in [-0.3, -0.25) is 9.69 Å². The highest BCUT2D eigenvalue weighted by atomic mass is 32.1. The Balaban J connectivity index is 2.00. The topological polar surface area (TPSA) is 85.5 Å². The summed E-state index contributed by atoms with van der Waals surface area (Å²) in [4.78, 5) is 29.5. The molecule has 6 nitrogen and oxygen atoms in total. The lowest BCUT2D eigenvalue weighted by atomic mass is 9.93. The van der Waals surface area contributed by atoms with Crippen LogP contribution in [0.15, 0.2) is 5.38 Å². The SMILES string of the molecule is CCOC(=O)c1nc(CN2C[C@@H](C(N)=O)CC[C@@H]2C)cs1. The van der Waals surface area contributed by atoms with E-state index < -0.39 is 0 Å². The minimum Gasteiger partial charge on any atom is -0.461 e. The molecule has 1 amide bonds. The summed E-state index contributed by atoms with van der Waals surface area (Å²) in [6, 6.07) is 0.383. The zero-order chi connectivity index (χ0) is 15.4. The van der Waals surface area contributed by atoms with Gasteiger partial charge in [0.05, 0.1) is 18.2 Å². The van der Waals surface area contributed by atoms with Gasteiger partial charge in [-0.1, -0.05) is 0 Å². The predicted octanol–water partition coefficient (Wildman–Crippen LogP) is 1.41. The number of nitrogens with two attached hydrogens (primary N) is 1. The lowest BCUT2D eigenvalue weighted by molar-refractivity contribution is -0.124. The van der Waals surface area contributed by atoms with Crippen molar-refractivity contribution in [1.82, 2.24) is 9.88 Å². The Bertz CT molecular complexity index is 517. The van der Waals surface area contributed by atoms with Crippen LogP contribution in [0, 0.1) is 5.92 Å². The van der Waals surface area contributed by atoms with Crippen molar-refractivity contribution in [3.8, 4) is 0 Å². The highest BCUT2D eigenvalue weighted by Crippen LogP contribution is 2.24. The van der Waals surface area contributed by atoms with Crippen LogP contribution in [0.2, 0.25) is 0 Å². The Labute approximate surface area is 128 Å². The Morgan fingerprint density at radius 1 is 1.52 bits per heavy atom. The first kappa shape index (κ1) is 15.9. The largest absolute Gasteiger partial charge is 0.461 e. The average molecular weight is 311 g/mol. The van der Waals surface area contributed by atoms with Gasteiger partial charge in [-0.25, -0.2) is 9.78 Å². The number of primary amides is 1. The van der Waals surface area contributed by atoms with Gasteiger partial charge in [-0.15, -0.1) is 11.3 Å². The molecular formula is C14H21N3O3S. The Morgan fingerprint density at radius 2 is 2.29 bits per heavy atom. The third-order valence-electron chi connectivity index (χ3n) is 3.78. The van der Waals surface area contributed by atoms with Crippen LogP contribution in [0.1, 0.15) is 42.2 Å². The van der Waals surface area contributed by atoms with E-state index in [2.05, 4.69) is 16.8 Å². The second-order valence-corrected chi connectivity index (χ2v) is 6.18. The fraction of sp³-hybridized carbons (Fsp3) is 0.643. The van der Waals surface area contributed by atoms with E-state index >= 15 is 0 Å². The van der Waals surface area contributed by atoms with E-state index in [0.29, 0.717) is 30.7 Å². The first-order chi connectivity index (χ1) is 10.0. The van der Waals surface area contributed by atoms with Gasteiger partial charge in [0.15, 0.2) is 0 Å². The number of piperidine rings is 1. The number of likely N-dealkylation sites (tertiary alicyclic amines) is 1. The summed E-state index contributed by atoms with van der Waals surface area (Å²) in [6.07, 6.45) is 1.79. The number of hydrogen-bond acceptors (Lipinski definition) is 6. The molecule has 2 atom stereocenters. The van der Waals surface area contributed by atoms with Gasteiger partial charge in [0.25, 0.3) is 0 Å². The standard InChI is InChI=1S/C14H21N3O3S/c1-3-20-14(19)13-16-11(8-21-13)7-17-6-10(12(15)18)5-4-9(17)2/h8-10H,3-7H2,1-2H3,(H2,15,18)/t9-,10-/m0/s1. The molecule has 0 bridgehead atoms. The average Bonchev–Trinajstić information content (AvgIpc) is 2.90. The number of carbonyl (C=O) groups is 2. The third kappa shape index (κ3) is 4.01. The summed E-state index contributed by atoms with van der Waals surface area (Å²) in [5.74, 6) is -0.711. The number of aromatic nitrogens is 1. The second-order valence-electron chi connectivity index (χ2n) is 5.32. The lowest BCUT2D eigenvalue weighted by Gasteiger charge is -2.36. The summed E-state index contributed by atoms with van der Waals surface area (Å²) >= 11 is 1.29. The van der Waals surface area contributed by atoms with Gasteiger partial charge in [0.2, 0.25) is 10.9 Å². The maximum atomic E-state index is 11.6. The van der Waals surface area contributed by atoms with E-state index in [-0.39, 0.29) is 17.8 Å². The molecule has 2 heterocycles. The molecule has 2 N–H and O–H groups in total. The normalized spacial score (nSPS) is 23.0. The molecule has 0 aromatic carbocycles. The van der Waals surface area contributed by atoms with E-state index in [4.69, 9.17) is 10.5 Å². The molecule has 0 spiro atoms. The van der Waals surface area contributed by atoms with Crippen LogP contribution in [-0.2, 0) is 16.1 Å². The first-order valence-corrected chi connectivity index (χ1v) is 8.04. The number of hydrogen-bond donors (Lipinski definition) is 1. The molecular weight excluding hydrogens is 290 g/mol. The zero-order valence-corrected chi connectivity index (χ0v) is 13.2. The van der Waals surface area contributed by atoms with E-state index in [0.717, 1.165) is 18.5 Å². The molecule has 0 aliphatic carbocycles. The molecule has 1 saturated heterocycles. The highest BCUT2D eigenvalue weighted by molar-refractivity contribution is 7.11. The van der Waals surface area contributed by atoms with Gasteiger partial charge in [0.1, 0.15) is 0 Å². The van der Waals surface area contributed by atoms with E-state index in [1.807, 2.05) is 5.38 Å². The number of amides is 1. The molecule has 1 aromatic heterocycles. The van der Waals surface area contributed by atoms with Crippen LogP contribution in [-0.4, -0.2) is 41.0 Å². The Hall–Kier alpha value is -1.47. The van der Waals surface area contributed by atoms with Crippen molar-refractivity contribution in [1.29, 1.82) is 0 Å². The monoisotopic (exact) mass is 311 g/mol. The summed E-state index contributed by atoms with van der Waals surface area (Å²) < 4.78 is 4.94. The van der Waals surface area contributed by atoms with Crippen LogP contribution >= 0.6 is 11.3 Å². The molecule has 2 rings (SSSR count). The number of esters is 1. The number of thiazole rings is 1. The zero-order valence-electron chi connectivity index (χ0n) is 12.4. The molecule has 116 valence electrons. The van der Waals surface area contributed by atoms with E-state index in [1.165, 1.54) is 11.3 Å². The van der Waals surface area contributed by atoms with Crippen LogP contribution in [0.25, 0.3) is 0 Å². The number of carbonyl (C=O) groups excluding carboxylic acids is 2. The minimum atomic E-state index is -0.379. The number of rotatable bonds is 5. The lowest BCUT2D eigenvalue weighted by Crippen LogP contribution is -2.45. The van der Waals surface area contributed by atoms with Crippen molar-refractivity contribution >= 4 is 23.2 Å². The molecule has 1 aliphatic rings. The van der Waals surface area contributed by atoms with Gasteiger partial charge in [-0.05, 0) is 26.7 Å². The van der Waals surface area contributed by atoms with Gasteiger partial charge in [-0.2, -0.15) is 0 Å². The molecule has 21 heavy (non-hydrogen) atoms. The number of ether oxygens (including phenoxy) is 1. The smallest absolute Gasteiger partial charge is 0.367 e. The molecule has 0 radical (unpaired) electrons. The van der Waals surface area contributed by atoms with Crippen LogP contribution in [0.5, 0.6) is 0 Å². The Morgan fingerprint density at radius 3 is 2.95 bits per heavy atom. The summed E-state index contributed by atoms with van der Waals surface area (Å²) in [5.41, 5.74) is 6.24. The summed E-state index contributed by atoms with van der Waals surface area (Å²) in [6.45, 7) is 5.53. The minimum absolute atomic E-state index is 0.0932. The molecule has 0 unspecified atom stereocenters. The summed E-state index contributed by atoms with van der Waals surface area (Å²) in [5, 5.41) is 2.25. The van der Waals surface area contributed by atoms with Crippen LogP contribution in [0.4, 0.5) is 0 Å². The van der Waals surface area contributed by atoms with Crippen LogP contribution in [0.3, 0.4) is 0 Å². The fourth-order valence-electron chi connectivity index (χ4n) is 2.51. The molecule has 1 fully saturated rings. The quantitative estimate of drug-likeness (QED) is 0.831. The van der Waals surface area contributed by atoms with E-state index in [1.54, 1.807) is 6.92 Å². The maximum Gasteiger partial charge on any atom is 0.367 e. The first-order valence-electron chi connectivity index (χ1n) is 7.16. The maximum absolute atomic E-state index is 11.6. The highest BCUT2D eigenvalue weighted by Gasteiger charge is 2.29. The van der Waals surface area contributed by atoms with Crippen molar-refractivity contribution in [2.24, 2.45) is 11.7 Å². The Kier molecular flexibility index (Phi) is 5.30. The molecule has 7 heteroatoms. The summed E-state index contributed by atoms with van der Waals surface area (Å²) in [7, 11) is 0. The van der Waals surface area contributed by atoms with Crippen molar-refractivity contribution in [2.75, 3.05) is 13.2 Å². The molecule has 1 aromatic rings. The molecule has 1 aliphatic heterocycles. The van der Waals surface area contributed by atoms with Crippen molar-refractivity contribution in [3.63, 3.8) is 0 Å². The van der Waals surface area contributed by atoms with Crippen molar-refractivity contribution in [2.45, 2.75) is 39.3 Å².